The maximum Gasteiger partial charge on any atom is 0.257 e. The second kappa shape index (κ2) is 6.78. The fraction of sp³-hybridized carbons (Fsp3) is 0.143. The van der Waals surface area contributed by atoms with Gasteiger partial charge < -0.3 is 15.4 Å². The molecule has 0 radical (unpaired) electrons. The Kier molecular flexibility index (Phi) is 5.03. The molecule has 7 heteroatoms. The number of carbonyl (C=O) groups excluding carboxylic acids is 1. The van der Waals surface area contributed by atoms with Gasteiger partial charge in [0, 0.05) is 25.0 Å². The lowest BCUT2D eigenvalue weighted by atomic mass is 10.2. The van der Waals surface area contributed by atoms with Gasteiger partial charge in [-0.05, 0) is 34.1 Å². The summed E-state index contributed by atoms with van der Waals surface area (Å²) in [5.41, 5.74) is 0.995. The number of benzene rings is 1. The topological polar surface area (TPSA) is 63.2 Å². The molecule has 2 aromatic rings. The second-order valence-corrected chi connectivity index (χ2v) is 5.37. The van der Waals surface area contributed by atoms with E-state index in [1.807, 2.05) is 0 Å². The summed E-state index contributed by atoms with van der Waals surface area (Å²) in [5.74, 6) is 0.865. The van der Waals surface area contributed by atoms with Crippen LogP contribution in [-0.4, -0.2) is 25.0 Å². The predicted molar refractivity (Wildman–Crippen MR) is 87.4 cm³/mol. The van der Waals surface area contributed by atoms with Crippen LogP contribution >= 0.6 is 27.5 Å². The molecule has 0 saturated heterocycles. The molecule has 1 aromatic carbocycles. The Labute approximate surface area is 135 Å². The zero-order chi connectivity index (χ0) is 15.4. The summed E-state index contributed by atoms with van der Waals surface area (Å²) < 4.78 is 5.99. The van der Waals surface area contributed by atoms with Crippen LogP contribution in [0.15, 0.2) is 34.9 Å². The maximum atomic E-state index is 12.2. The lowest BCUT2D eigenvalue weighted by molar-refractivity contribution is 0.102. The number of pyridine rings is 1. The molecular formula is C14H13BrClN3O2. The van der Waals surface area contributed by atoms with Gasteiger partial charge in [-0.1, -0.05) is 11.6 Å². The number of rotatable bonds is 4. The third kappa shape index (κ3) is 3.65. The number of methoxy groups -OCH3 is 1. The molecule has 0 fully saturated rings. The van der Waals surface area contributed by atoms with Crippen molar-refractivity contribution in [1.29, 1.82) is 0 Å². The van der Waals surface area contributed by atoms with Crippen LogP contribution in [0.4, 0.5) is 11.5 Å². The zero-order valence-electron chi connectivity index (χ0n) is 11.4. The standard InChI is InChI=1S/C14H13BrClN3O2/c1-17-13-11(16)5-8(7-18-13)14(20)19-9-3-4-10(15)12(6-9)21-2/h3-7H,1-2H3,(H,17,18)(H,19,20). The Morgan fingerprint density at radius 3 is 2.76 bits per heavy atom. The minimum atomic E-state index is -0.295. The first kappa shape index (κ1) is 15.6. The van der Waals surface area contributed by atoms with Crippen molar-refractivity contribution in [2.24, 2.45) is 0 Å². The fourth-order valence-electron chi connectivity index (χ4n) is 1.69. The smallest absolute Gasteiger partial charge is 0.257 e. The Balaban J connectivity index is 2.19. The van der Waals surface area contributed by atoms with Crippen LogP contribution in [0.3, 0.4) is 0 Å². The van der Waals surface area contributed by atoms with Gasteiger partial charge in [-0.25, -0.2) is 4.98 Å². The molecule has 110 valence electrons. The molecule has 1 amide bonds. The van der Waals surface area contributed by atoms with Crippen LogP contribution in [0.5, 0.6) is 5.75 Å². The van der Waals surface area contributed by atoms with E-state index in [-0.39, 0.29) is 5.91 Å². The summed E-state index contributed by atoms with van der Waals surface area (Å²) >= 11 is 9.37. The number of anilines is 2. The molecule has 0 atom stereocenters. The van der Waals surface area contributed by atoms with Gasteiger partial charge in [0.05, 0.1) is 22.2 Å². The zero-order valence-corrected chi connectivity index (χ0v) is 13.7. The highest BCUT2D eigenvalue weighted by Crippen LogP contribution is 2.28. The van der Waals surface area contributed by atoms with Crippen LogP contribution in [-0.2, 0) is 0 Å². The van der Waals surface area contributed by atoms with Gasteiger partial charge in [0.25, 0.3) is 5.91 Å². The van der Waals surface area contributed by atoms with Crippen molar-refractivity contribution in [3.63, 3.8) is 0 Å². The van der Waals surface area contributed by atoms with E-state index in [1.54, 1.807) is 38.4 Å². The molecule has 5 nitrogen and oxygen atoms in total. The summed E-state index contributed by atoms with van der Waals surface area (Å²) in [6.45, 7) is 0. The number of ether oxygens (including phenoxy) is 1. The van der Waals surface area contributed by atoms with Crippen molar-refractivity contribution in [2.45, 2.75) is 0 Å². The quantitative estimate of drug-likeness (QED) is 0.859. The number of amides is 1. The molecule has 2 N–H and O–H groups in total. The number of halogens is 2. The van der Waals surface area contributed by atoms with E-state index in [0.29, 0.717) is 27.8 Å². The Bertz CT molecular complexity index is 679. The average Bonchev–Trinajstić information content (AvgIpc) is 2.49. The molecular weight excluding hydrogens is 358 g/mol. The van der Waals surface area contributed by atoms with Crippen molar-refractivity contribution in [2.75, 3.05) is 24.8 Å². The van der Waals surface area contributed by atoms with Gasteiger partial charge in [-0.3, -0.25) is 4.79 Å². The molecule has 0 aliphatic rings. The van der Waals surface area contributed by atoms with E-state index in [4.69, 9.17) is 16.3 Å². The molecule has 21 heavy (non-hydrogen) atoms. The van der Waals surface area contributed by atoms with E-state index in [0.717, 1.165) is 4.47 Å². The molecule has 0 unspecified atom stereocenters. The molecule has 1 aromatic heterocycles. The van der Waals surface area contributed by atoms with Gasteiger partial charge >= 0.3 is 0 Å². The van der Waals surface area contributed by atoms with Crippen LogP contribution in [0.25, 0.3) is 0 Å². The number of hydrogen-bond donors (Lipinski definition) is 2. The average molecular weight is 371 g/mol. The predicted octanol–water partition coefficient (Wildman–Crippen LogP) is 3.80. The Morgan fingerprint density at radius 2 is 2.14 bits per heavy atom. The van der Waals surface area contributed by atoms with E-state index in [2.05, 4.69) is 31.5 Å². The number of aromatic nitrogens is 1. The molecule has 0 aliphatic heterocycles. The lowest BCUT2D eigenvalue weighted by Gasteiger charge is -2.09. The molecule has 1 heterocycles. The number of nitrogens with zero attached hydrogens (tertiary/aromatic N) is 1. The first-order chi connectivity index (χ1) is 10.0. The van der Waals surface area contributed by atoms with Gasteiger partial charge in [0.15, 0.2) is 0 Å². The summed E-state index contributed by atoms with van der Waals surface area (Å²) in [6.07, 6.45) is 1.46. The third-order valence-electron chi connectivity index (χ3n) is 2.75. The van der Waals surface area contributed by atoms with Crippen molar-refractivity contribution < 1.29 is 9.53 Å². The molecule has 0 spiro atoms. The van der Waals surface area contributed by atoms with E-state index in [1.165, 1.54) is 6.20 Å². The van der Waals surface area contributed by atoms with E-state index in [9.17, 15) is 4.79 Å². The van der Waals surface area contributed by atoms with Crippen molar-refractivity contribution in [3.05, 3.63) is 45.5 Å². The molecule has 0 bridgehead atoms. The fourth-order valence-corrected chi connectivity index (χ4v) is 2.36. The highest BCUT2D eigenvalue weighted by Gasteiger charge is 2.11. The SMILES string of the molecule is CNc1ncc(C(=O)Nc2ccc(Br)c(OC)c2)cc1Cl. The highest BCUT2D eigenvalue weighted by atomic mass is 79.9. The normalized spacial score (nSPS) is 10.1. The lowest BCUT2D eigenvalue weighted by Crippen LogP contribution is -2.12. The monoisotopic (exact) mass is 369 g/mol. The van der Waals surface area contributed by atoms with Crippen LogP contribution in [0, 0.1) is 0 Å². The minimum Gasteiger partial charge on any atom is -0.495 e. The third-order valence-corrected chi connectivity index (χ3v) is 3.69. The maximum absolute atomic E-state index is 12.2. The summed E-state index contributed by atoms with van der Waals surface area (Å²) in [4.78, 5) is 16.2. The van der Waals surface area contributed by atoms with Crippen LogP contribution in [0.1, 0.15) is 10.4 Å². The first-order valence-corrected chi connectivity index (χ1v) is 7.20. The molecule has 2 rings (SSSR count). The second-order valence-electron chi connectivity index (χ2n) is 4.11. The Morgan fingerprint density at radius 1 is 1.38 bits per heavy atom. The van der Waals surface area contributed by atoms with Crippen LogP contribution < -0.4 is 15.4 Å². The van der Waals surface area contributed by atoms with Crippen molar-refractivity contribution in [3.8, 4) is 5.75 Å². The van der Waals surface area contributed by atoms with E-state index >= 15 is 0 Å². The van der Waals surface area contributed by atoms with Gasteiger partial charge in [-0.15, -0.1) is 0 Å². The molecule has 0 saturated carbocycles. The number of hydrogen-bond acceptors (Lipinski definition) is 4. The van der Waals surface area contributed by atoms with Gasteiger partial charge in [0.2, 0.25) is 0 Å². The number of nitrogens with one attached hydrogen (secondary N) is 2. The highest BCUT2D eigenvalue weighted by molar-refractivity contribution is 9.10. The summed E-state index contributed by atoms with van der Waals surface area (Å²) in [7, 11) is 3.27. The van der Waals surface area contributed by atoms with Gasteiger partial charge in [0.1, 0.15) is 11.6 Å². The molecule has 0 aliphatic carbocycles. The van der Waals surface area contributed by atoms with Gasteiger partial charge in [-0.2, -0.15) is 0 Å². The van der Waals surface area contributed by atoms with Crippen LogP contribution in [0.2, 0.25) is 5.02 Å². The largest absolute Gasteiger partial charge is 0.495 e. The van der Waals surface area contributed by atoms with Crippen molar-refractivity contribution in [1.82, 2.24) is 4.98 Å². The number of carbonyl (C=O) groups is 1. The van der Waals surface area contributed by atoms with E-state index < -0.39 is 0 Å². The summed E-state index contributed by atoms with van der Waals surface area (Å²) in [6, 6.07) is 6.84. The Hall–Kier alpha value is -1.79. The van der Waals surface area contributed by atoms with Crippen molar-refractivity contribution >= 4 is 44.9 Å². The first-order valence-electron chi connectivity index (χ1n) is 6.03. The summed E-state index contributed by atoms with van der Waals surface area (Å²) in [5, 5.41) is 5.99. The minimum absolute atomic E-state index is 0.295.